The Hall–Kier alpha value is -6.91. The zero-order valence-electron chi connectivity index (χ0n) is 27.5. The standard InChI is InChI=1S/C47H29N3O/c1-3-12-30(13-4-1)34-18-9-19-35(28-34)37-20-11-23-42-43(37)41-27-26-38-39(44(41)51-42)21-10-22-40(38)47-49-45(32-15-5-2-6-16-32)48-46(50-47)36-25-24-31-14-7-8-17-33(31)29-36/h1-29H. The number of benzene rings is 8. The zero-order valence-corrected chi connectivity index (χ0v) is 27.5. The molecule has 8 aromatic carbocycles. The van der Waals surface area contributed by atoms with Crippen molar-refractivity contribution >= 4 is 43.5 Å². The lowest BCUT2D eigenvalue weighted by Crippen LogP contribution is -2.00. The van der Waals surface area contributed by atoms with Crippen LogP contribution in [0.15, 0.2) is 180 Å². The van der Waals surface area contributed by atoms with Crippen molar-refractivity contribution in [1.82, 2.24) is 15.0 Å². The summed E-state index contributed by atoms with van der Waals surface area (Å²) >= 11 is 0. The van der Waals surface area contributed by atoms with E-state index in [1.54, 1.807) is 0 Å². The maximum Gasteiger partial charge on any atom is 0.164 e. The molecule has 2 heterocycles. The Kier molecular flexibility index (Phi) is 6.78. The second-order valence-corrected chi connectivity index (χ2v) is 12.8. The number of furan rings is 1. The molecule has 0 saturated heterocycles. The van der Waals surface area contributed by atoms with E-state index in [9.17, 15) is 0 Å². The molecule has 10 rings (SSSR count). The second-order valence-electron chi connectivity index (χ2n) is 12.8. The van der Waals surface area contributed by atoms with E-state index in [0.29, 0.717) is 17.5 Å². The maximum atomic E-state index is 6.71. The molecule has 51 heavy (non-hydrogen) atoms. The third kappa shape index (κ3) is 5.04. The lowest BCUT2D eigenvalue weighted by Gasteiger charge is -2.11. The van der Waals surface area contributed by atoms with Gasteiger partial charge in [0.15, 0.2) is 17.5 Å². The molecular weight excluding hydrogens is 623 g/mol. The van der Waals surface area contributed by atoms with Crippen LogP contribution in [0, 0.1) is 0 Å². The van der Waals surface area contributed by atoms with E-state index in [0.717, 1.165) is 65.9 Å². The van der Waals surface area contributed by atoms with Crippen LogP contribution in [0.2, 0.25) is 0 Å². The van der Waals surface area contributed by atoms with Crippen LogP contribution in [-0.2, 0) is 0 Å². The van der Waals surface area contributed by atoms with Crippen LogP contribution in [-0.4, -0.2) is 15.0 Å². The molecule has 238 valence electrons. The molecule has 2 aromatic heterocycles. The molecule has 0 aliphatic carbocycles. The van der Waals surface area contributed by atoms with Crippen molar-refractivity contribution < 1.29 is 4.42 Å². The summed E-state index contributed by atoms with van der Waals surface area (Å²) in [5, 5.41) is 6.53. The van der Waals surface area contributed by atoms with Gasteiger partial charge in [0.1, 0.15) is 11.2 Å². The van der Waals surface area contributed by atoms with Gasteiger partial charge in [-0.15, -0.1) is 0 Å². The lowest BCUT2D eigenvalue weighted by molar-refractivity contribution is 0.673. The smallest absolute Gasteiger partial charge is 0.164 e. The normalized spacial score (nSPS) is 11.5. The van der Waals surface area contributed by atoms with E-state index in [1.165, 1.54) is 16.5 Å². The summed E-state index contributed by atoms with van der Waals surface area (Å²) in [6.07, 6.45) is 0. The van der Waals surface area contributed by atoms with E-state index >= 15 is 0 Å². The molecule has 0 bridgehead atoms. The van der Waals surface area contributed by atoms with Crippen LogP contribution < -0.4 is 0 Å². The van der Waals surface area contributed by atoms with Gasteiger partial charge in [0, 0.05) is 32.8 Å². The Balaban J connectivity index is 1.15. The molecule has 0 unspecified atom stereocenters. The minimum absolute atomic E-state index is 0.617. The van der Waals surface area contributed by atoms with Crippen molar-refractivity contribution in [2.45, 2.75) is 0 Å². The Morgan fingerprint density at radius 1 is 0.333 bits per heavy atom. The molecule has 0 N–H and O–H groups in total. The second kappa shape index (κ2) is 11.9. The largest absolute Gasteiger partial charge is 0.455 e. The summed E-state index contributed by atoms with van der Waals surface area (Å²) in [4.78, 5) is 15.2. The molecule has 4 nitrogen and oxygen atoms in total. The van der Waals surface area contributed by atoms with Gasteiger partial charge in [-0.2, -0.15) is 0 Å². The topological polar surface area (TPSA) is 51.8 Å². The van der Waals surface area contributed by atoms with Gasteiger partial charge < -0.3 is 4.42 Å². The van der Waals surface area contributed by atoms with Gasteiger partial charge in [0.2, 0.25) is 0 Å². The van der Waals surface area contributed by atoms with Crippen LogP contribution in [0.25, 0.3) is 99.9 Å². The SMILES string of the molecule is c1ccc(-c2cccc(-c3cccc4oc5c6cccc(-c7nc(-c8ccccc8)nc(-c8ccc9ccccc9c8)n7)c6ccc5c34)c2)cc1. The minimum Gasteiger partial charge on any atom is -0.455 e. The molecule has 0 atom stereocenters. The number of aromatic nitrogens is 3. The zero-order chi connectivity index (χ0) is 33.7. The minimum atomic E-state index is 0.617. The Bertz CT molecular complexity index is 2910. The van der Waals surface area contributed by atoms with Crippen LogP contribution >= 0.6 is 0 Å². The highest BCUT2D eigenvalue weighted by molar-refractivity contribution is 6.20. The predicted octanol–water partition coefficient (Wildman–Crippen LogP) is 12.4. The molecule has 0 spiro atoms. The van der Waals surface area contributed by atoms with Gasteiger partial charge in [-0.05, 0) is 62.7 Å². The van der Waals surface area contributed by atoms with Crippen molar-refractivity contribution in [1.29, 1.82) is 0 Å². The van der Waals surface area contributed by atoms with Gasteiger partial charge in [-0.3, -0.25) is 0 Å². The number of hydrogen-bond donors (Lipinski definition) is 0. The number of nitrogens with zero attached hydrogens (tertiary/aromatic N) is 3. The van der Waals surface area contributed by atoms with Crippen molar-refractivity contribution in [2.75, 3.05) is 0 Å². The van der Waals surface area contributed by atoms with Gasteiger partial charge in [0.05, 0.1) is 0 Å². The van der Waals surface area contributed by atoms with Crippen LogP contribution in [0.4, 0.5) is 0 Å². The number of hydrogen-bond acceptors (Lipinski definition) is 4. The van der Waals surface area contributed by atoms with Crippen molar-refractivity contribution in [3.63, 3.8) is 0 Å². The van der Waals surface area contributed by atoms with E-state index in [4.69, 9.17) is 19.4 Å². The third-order valence-electron chi connectivity index (χ3n) is 9.72. The van der Waals surface area contributed by atoms with E-state index in [-0.39, 0.29) is 0 Å². The first-order chi connectivity index (χ1) is 25.3. The summed E-state index contributed by atoms with van der Waals surface area (Å²) in [5.41, 5.74) is 9.18. The van der Waals surface area contributed by atoms with Gasteiger partial charge in [-0.25, -0.2) is 15.0 Å². The molecule has 4 heteroatoms. The monoisotopic (exact) mass is 651 g/mol. The fourth-order valence-electron chi connectivity index (χ4n) is 7.24. The quantitative estimate of drug-likeness (QED) is 0.186. The fraction of sp³-hybridized carbons (Fsp3) is 0. The number of fused-ring (bicyclic) bond motifs is 6. The summed E-state index contributed by atoms with van der Waals surface area (Å²) in [6.45, 7) is 0. The summed E-state index contributed by atoms with van der Waals surface area (Å²) in [6, 6.07) is 61.0. The molecule has 0 radical (unpaired) electrons. The highest BCUT2D eigenvalue weighted by Crippen LogP contribution is 2.42. The summed E-state index contributed by atoms with van der Waals surface area (Å²) < 4.78 is 6.71. The van der Waals surface area contributed by atoms with Gasteiger partial charge in [0.25, 0.3) is 0 Å². The van der Waals surface area contributed by atoms with Gasteiger partial charge >= 0.3 is 0 Å². The highest BCUT2D eigenvalue weighted by atomic mass is 16.3. The lowest BCUT2D eigenvalue weighted by atomic mass is 9.95. The summed E-state index contributed by atoms with van der Waals surface area (Å²) in [7, 11) is 0. The van der Waals surface area contributed by atoms with E-state index in [1.807, 2.05) is 36.4 Å². The number of rotatable bonds is 5. The molecular formula is C47H29N3O. The molecule has 0 fully saturated rings. The Morgan fingerprint density at radius 2 is 0.961 bits per heavy atom. The molecule has 10 aromatic rings. The van der Waals surface area contributed by atoms with Crippen LogP contribution in [0.5, 0.6) is 0 Å². The van der Waals surface area contributed by atoms with Crippen molar-refractivity contribution in [2.24, 2.45) is 0 Å². The van der Waals surface area contributed by atoms with E-state index in [2.05, 4.69) is 140 Å². The van der Waals surface area contributed by atoms with Crippen molar-refractivity contribution in [3.8, 4) is 56.4 Å². The molecule has 0 aliphatic rings. The first-order valence-corrected chi connectivity index (χ1v) is 17.1. The van der Waals surface area contributed by atoms with E-state index < -0.39 is 0 Å². The molecule has 0 amide bonds. The van der Waals surface area contributed by atoms with Crippen LogP contribution in [0.3, 0.4) is 0 Å². The third-order valence-corrected chi connectivity index (χ3v) is 9.72. The Morgan fingerprint density at radius 3 is 1.80 bits per heavy atom. The summed E-state index contributed by atoms with van der Waals surface area (Å²) in [5.74, 6) is 1.88. The average Bonchev–Trinajstić information content (AvgIpc) is 3.61. The maximum absolute atomic E-state index is 6.71. The predicted molar refractivity (Wildman–Crippen MR) is 209 cm³/mol. The van der Waals surface area contributed by atoms with Gasteiger partial charge in [-0.1, -0.05) is 152 Å². The first-order valence-electron chi connectivity index (χ1n) is 17.1. The first kappa shape index (κ1) is 29.0. The average molecular weight is 652 g/mol. The molecule has 0 saturated carbocycles. The fourth-order valence-corrected chi connectivity index (χ4v) is 7.24. The van der Waals surface area contributed by atoms with Crippen LogP contribution in [0.1, 0.15) is 0 Å². The Labute approximate surface area is 294 Å². The van der Waals surface area contributed by atoms with Crippen molar-refractivity contribution in [3.05, 3.63) is 176 Å². The molecule has 0 aliphatic heterocycles. The highest BCUT2D eigenvalue weighted by Gasteiger charge is 2.19.